The molecule has 0 bridgehead atoms. The number of alkyl halides is 2. The van der Waals surface area contributed by atoms with Crippen LogP contribution in [0.15, 0.2) is 29.4 Å². The van der Waals surface area contributed by atoms with E-state index in [1.54, 1.807) is 6.07 Å². The van der Waals surface area contributed by atoms with Gasteiger partial charge in [0.2, 0.25) is 21.0 Å². The number of morpholine rings is 1. The van der Waals surface area contributed by atoms with Crippen molar-refractivity contribution in [3.05, 3.63) is 29.5 Å². The van der Waals surface area contributed by atoms with E-state index in [1.807, 2.05) is 6.07 Å². The zero-order chi connectivity index (χ0) is 27.9. The molecule has 210 valence electrons. The first-order chi connectivity index (χ1) is 19.3. The first-order valence-electron chi connectivity index (χ1n) is 12.6. The third kappa shape index (κ3) is 5.10. The molecule has 0 spiro atoms. The SMILES string of the molecule is N#CC1(NS(=O)(=O)c2ccc3c4c(OCCCN5CCOCC5)ncnc4n(-c4nnc(C(F)F)s4)c3c2)CC1. The molecule has 4 heterocycles. The number of nitrogens with one attached hydrogen (secondary N) is 1. The second-order valence-electron chi connectivity index (χ2n) is 9.57. The second-order valence-corrected chi connectivity index (χ2v) is 12.2. The first-order valence-corrected chi connectivity index (χ1v) is 14.9. The molecular formula is C24H24F2N8O4S2. The van der Waals surface area contributed by atoms with Crippen LogP contribution in [0.2, 0.25) is 0 Å². The summed E-state index contributed by atoms with van der Waals surface area (Å²) in [5, 5.41) is 17.6. The molecule has 1 aromatic carbocycles. The minimum atomic E-state index is -4.06. The Balaban J connectivity index is 1.40. The fraction of sp³-hybridized carbons (Fsp3) is 0.458. The van der Waals surface area contributed by atoms with E-state index in [-0.39, 0.29) is 15.9 Å². The van der Waals surface area contributed by atoms with Gasteiger partial charge in [0, 0.05) is 25.0 Å². The summed E-state index contributed by atoms with van der Waals surface area (Å²) in [6.07, 6.45) is 0.0721. The van der Waals surface area contributed by atoms with Gasteiger partial charge in [-0.25, -0.2) is 27.2 Å². The van der Waals surface area contributed by atoms with Gasteiger partial charge in [-0.1, -0.05) is 17.4 Å². The number of hydrogen-bond acceptors (Lipinski definition) is 11. The van der Waals surface area contributed by atoms with E-state index in [0.717, 1.165) is 26.1 Å². The number of ether oxygens (including phenoxy) is 2. The Bertz CT molecular complexity index is 1710. The van der Waals surface area contributed by atoms with Gasteiger partial charge in [-0.3, -0.25) is 9.47 Å². The molecule has 0 amide bonds. The largest absolute Gasteiger partial charge is 0.477 e. The summed E-state index contributed by atoms with van der Waals surface area (Å²) in [6.45, 7) is 4.34. The zero-order valence-electron chi connectivity index (χ0n) is 21.1. The van der Waals surface area contributed by atoms with Gasteiger partial charge in [0.15, 0.2) is 10.7 Å². The maximum Gasteiger partial charge on any atom is 0.291 e. The zero-order valence-corrected chi connectivity index (χ0v) is 22.7. The van der Waals surface area contributed by atoms with Crippen molar-refractivity contribution in [2.24, 2.45) is 0 Å². The van der Waals surface area contributed by atoms with Crippen molar-refractivity contribution in [2.45, 2.75) is 36.1 Å². The summed E-state index contributed by atoms with van der Waals surface area (Å²) in [7, 11) is -4.06. The minimum Gasteiger partial charge on any atom is -0.477 e. The summed E-state index contributed by atoms with van der Waals surface area (Å²) in [5.41, 5.74) is -0.460. The summed E-state index contributed by atoms with van der Waals surface area (Å²) in [6, 6.07) is 6.42. The van der Waals surface area contributed by atoms with Crippen LogP contribution in [0.1, 0.15) is 30.7 Å². The number of aromatic nitrogens is 5. The van der Waals surface area contributed by atoms with Crippen LogP contribution >= 0.6 is 11.3 Å². The Hall–Kier alpha value is -3.36. The van der Waals surface area contributed by atoms with E-state index in [9.17, 15) is 22.5 Å². The molecule has 1 aliphatic carbocycles. The molecule has 0 unspecified atom stereocenters. The van der Waals surface area contributed by atoms with Gasteiger partial charge in [-0.05, 0) is 31.4 Å². The Kier molecular flexibility index (Phi) is 7.09. The minimum absolute atomic E-state index is 0.0884. The van der Waals surface area contributed by atoms with Crippen molar-refractivity contribution in [2.75, 3.05) is 39.5 Å². The molecule has 12 nitrogen and oxygen atoms in total. The van der Waals surface area contributed by atoms with E-state index in [2.05, 4.69) is 29.8 Å². The van der Waals surface area contributed by atoms with E-state index < -0.39 is 27.0 Å². The standard InChI is InChI=1S/C24H24F2N8O4S2/c25-19(26)22-30-31-23(39-22)34-17-12-15(40(35,36)32-24(13-27)4-5-24)2-3-16(17)18-20(34)28-14-29-21(18)38-9-1-6-33-7-10-37-11-8-33/h2-3,12,14,19,32H,1,4-11H2. The molecule has 0 atom stereocenters. The normalized spacial score (nSPS) is 17.4. The molecule has 4 aromatic rings. The number of halogens is 2. The van der Waals surface area contributed by atoms with Crippen molar-refractivity contribution >= 4 is 43.3 Å². The number of nitrogens with zero attached hydrogens (tertiary/aromatic N) is 7. The van der Waals surface area contributed by atoms with Crippen LogP contribution in [-0.2, 0) is 14.8 Å². The van der Waals surface area contributed by atoms with E-state index in [1.165, 1.54) is 23.0 Å². The highest BCUT2D eigenvalue weighted by Gasteiger charge is 2.46. The van der Waals surface area contributed by atoms with Gasteiger partial charge in [-0.15, -0.1) is 10.2 Å². The molecular weight excluding hydrogens is 566 g/mol. The fourth-order valence-corrected chi connectivity index (χ4v) is 6.73. The van der Waals surface area contributed by atoms with Crippen LogP contribution in [0.3, 0.4) is 0 Å². The number of fused-ring (bicyclic) bond motifs is 3. The van der Waals surface area contributed by atoms with Gasteiger partial charge in [-0.2, -0.15) is 9.98 Å². The van der Waals surface area contributed by atoms with Gasteiger partial charge < -0.3 is 9.47 Å². The summed E-state index contributed by atoms with van der Waals surface area (Å²) in [4.78, 5) is 10.9. The van der Waals surface area contributed by atoms with E-state index in [4.69, 9.17) is 9.47 Å². The molecule has 2 fully saturated rings. The average molecular weight is 591 g/mol. The van der Waals surface area contributed by atoms with Crippen molar-refractivity contribution in [1.29, 1.82) is 5.26 Å². The van der Waals surface area contributed by atoms with Crippen molar-refractivity contribution in [1.82, 2.24) is 34.4 Å². The molecule has 1 aliphatic heterocycles. The van der Waals surface area contributed by atoms with Crippen LogP contribution in [0.25, 0.3) is 27.1 Å². The topological polar surface area (TPSA) is 148 Å². The van der Waals surface area contributed by atoms with Gasteiger partial charge >= 0.3 is 0 Å². The fourth-order valence-electron chi connectivity index (χ4n) is 4.62. The molecule has 16 heteroatoms. The first kappa shape index (κ1) is 26.8. The van der Waals surface area contributed by atoms with Gasteiger partial charge in [0.05, 0.1) is 41.7 Å². The van der Waals surface area contributed by atoms with Crippen LogP contribution in [-0.4, -0.2) is 83.0 Å². The molecule has 1 saturated carbocycles. The van der Waals surface area contributed by atoms with Crippen LogP contribution in [0, 0.1) is 11.3 Å². The highest BCUT2D eigenvalue weighted by Crippen LogP contribution is 2.39. The van der Waals surface area contributed by atoms with Gasteiger partial charge in [0.1, 0.15) is 11.9 Å². The van der Waals surface area contributed by atoms with E-state index in [0.29, 0.717) is 65.9 Å². The smallest absolute Gasteiger partial charge is 0.291 e. The summed E-state index contributed by atoms with van der Waals surface area (Å²) in [5.74, 6) is 0.282. The number of nitriles is 1. The summed E-state index contributed by atoms with van der Waals surface area (Å²) >= 11 is 0.674. The molecule has 1 N–H and O–H groups in total. The highest BCUT2D eigenvalue weighted by molar-refractivity contribution is 7.89. The monoisotopic (exact) mass is 590 g/mol. The third-order valence-corrected chi connectivity index (χ3v) is 9.31. The number of benzene rings is 1. The number of sulfonamides is 1. The second kappa shape index (κ2) is 10.6. The Morgan fingerprint density at radius 2 is 2.02 bits per heavy atom. The molecule has 3 aromatic heterocycles. The summed E-state index contributed by atoms with van der Waals surface area (Å²) < 4.78 is 68.4. The number of hydrogen-bond donors (Lipinski definition) is 1. The van der Waals surface area contributed by atoms with Crippen LogP contribution in [0.4, 0.5) is 8.78 Å². The van der Waals surface area contributed by atoms with Crippen molar-refractivity contribution in [3.63, 3.8) is 0 Å². The maximum absolute atomic E-state index is 13.4. The quantitative estimate of drug-likeness (QED) is 0.273. The molecule has 2 aliphatic rings. The Labute approximate surface area is 231 Å². The van der Waals surface area contributed by atoms with Crippen molar-refractivity contribution < 1.29 is 26.7 Å². The predicted molar refractivity (Wildman–Crippen MR) is 140 cm³/mol. The predicted octanol–water partition coefficient (Wildman–Crippen LogP) is 2.80. The molecule has 40 heavy (non-hydrogen) atoms. The van der Waals surface area contributed by atoms with Crippen molar-refractivity contribution in [3.8, 4) is 17.1 Å². The Morgan fingerprint density at radius 3 is 2.73 bits per heavy atom. The van der Waals surface area contributed by atoms with Crippen LogP contribution in [0.5, 0.6) is 5.88 Å². The average Bonchev–Trinajstić information content (AvgIpc) is 3.39. The molecule has 6 rings (SSSR count). The number of rotatable bonds is 10. The van der Waals surface area contributed by atoms with Crippen LogP contribution < -0.4 is 9.46 Å². The maximum atomic E-state index is 13.4. The lowest BCUT2D eigenvalue weighted by Gasteiger charge is -2.26. The Morgan fingerprint density at radius 1 is 1.23 bits per heavy atom. The lowest BCUT2D eigenvalue weighted by Crippen LogP contribution is -2.37. The molecule has 1 saturated heterocycles. The lowest BCUT2D eigenvalue weighted by atomic mass is 10.2. The third-order valence-electron chi connectivity index (χ3n) is 6.86. The van der Waals surface area contributed by atoms with Gasteiger partial charge in [0.25, 0.3) is 6.43 Å². The van der Waals surface area contributed by atoms with E-state index >= 15 is 0 Å². The molecule has 0 radical (unpaired) electrons. The highest BCUT2D eigenvalue weighted by atomic mass is 32.2. The lowest BCUT2D eigenvalue weighted by molar-refractivity contribution is 0.0357.